The molecule has 0 aliphatic carbocycles. The minimum atomic E-state index is 0.0681. The standard InChI is InChI=1S/C18H24N4S/c1-12(2)21-11-7-9-15(21)17-16(14-8-5-6-10-19-14)20-18(23)22(17)13(3)4/h5-13,16-17H,1-4H3,(H,20,23)/t16-,17+/m0/s1. The molecule has 1 saturated heterocycles. The lowest BCUT2D eigenvalue weighted by molar-refractivity contribution is 0.256. The van der Waals surface area contributed by atoms with Crippen LogP contribution in [-0.4, -0.2) is 25.6 Å². The van der Waals surface area contributed by atoms with Crippen LogP contribution < -0.4 is 5.32 Å². The first kappa shape index (κ1) is 16.0. The van der Waals surface area contributed by atoms with E-state index in [1.165, 1.54) is 5.69 Å². The lowest BCUT2D eigenvalue weighted by Gasteiger charge is -2.32. The lowest BCUT2D eigenvalue weighted by Crippen LogP contribution is -2.36. The number of aromatic nitrogens is 2. The number of nitrogens with zero attached hydrogens (tertiary/aromatic N) is 3. The molecule has 2 aromatic heterocycles. The Morgan fingerprint density at radius 1 is 1.09 bits per heavy atom. The molecular weight excluding hydrogens is 304 g/mol. The van der Waals surface area contributed by atoms with Gasteiger partial charge in [-0.3, -0.25) is 4.98 Å². The molecular formula is C18H24N4S. The van der Waals surface area contributed by atoms with Gasteiger partial charge in [-0.1, -0.05) is 6.07 Å². The van der Waals surface area contributed by atoms with Crippen LogP contribution in [0.25, 0.3) is 0 Å². The smallest absolute Gasteiger partial charge is 0.170 e. The highest BCUT2D eigenvalue weighted by Gasteiger charge is 2.42. The first-order chi connectivity index (χ1) is 11.0. The maximum atomic E-state index is 5.63. The first-order valence-corrected chi connectivity index (χ1v) is 8.58. The maximum absolute atomic E-state index is 5.63. The molecule has 3 rings (SSSR count). The van der Waals surface area contributed by atoms with Crippen molar-refractivity contribution in [1.82, 2.24) is 19.8 Å². The van der Waals surface area contributed by atoms with Gasteiger partial charge in [-0.25, -0.2) is 0 Å². The van der Waals surface area contributed by atoms with E-state index >= 15 is 0 Å². The number of hydrogen-bond acceptors (Lipinski definition) is 2. The highest BCUT2D eigenvalue weighted by Crippen LogP contribution is 2.40. The van der Waals surface area contributed by atoms with Crippen LogP contribution in [0.1, 0.15) is 57.2 Å². The van der Waals surface area contributed by atoms with Crippen LogP contribution in [0.4, 0.5) is 0 Å². The van der Waals surface area contributed by atoms with Crippen molar-refractivity contribution >= 4 is 17.3 Å². The summed E-state index contributed by atoms with van der Waals surface area (Å²) in [6.07, 6.45) is 3.99. The van der Waals surface area contributed by atoms with E-state index < -0.39 is 0 Å². The summed E-state index contributed by atoms with van der Waals surface area (Å²) in [5.41, 5.74) is 2.30. The summed E-state index contributed by atoms with van der Waals surface area (Å²) in [6.45, 7) is 8.79. The van der Waals surface area contributed by atoms with E-state index in [4.69, 9.17) is 12.2 Å². The second-order valence-electron chi connectivity index (χ2n) is 6.56. The van der Waals surface area contributed by atoms with E-state index in [0.717, 1.165) is 10.8 Å². The van der Waals surface area contributed by atoms with Gasteiger partial charge < -0.3 is 14.8 Å². The summed E-state index contributed by atoms with van der Waals surface area (Å²) in [7, 11) is 0. The Hall–Kier alpha value is -1.88. The molecule has 122 valence electrons. The summed E-state index contributed by atoms with van der Waals surface area (Å²) in [6, 6.07) is 11.3. The van der Waals surface area contributed by atoms with Gasteiger partial charge in [0.15, 0.2) is 5.11 Å². The largest absolute Gasteiger partial charge is 0.352 e. The zero-order chi connectivity index (χ0) is 16.6. The second kappa shape index (κ2) is 6.32. The molecule has 0 saturated carbocycles. The number of thiocarbonyl (C=S) groups is 1. The van der Waals surface area contributed by atoms with E-state index in [9.17, 15) is 0 Å². The predicted octanol–water partition coefficient (Wildman–Crippen LogP) is 3.84. The Morgan fingerprint density at radius 2 is 1.87 bits per heavy atom. The van der Waals surface area contributed by atoms with Crippen LogP contribution in [0.5, 0.6) is 0 Å². The molecule has 0 spiro atoms. The van der Waals surface area contributed by atoms with Crippen LogP contribution in [0.15, 0.2) is 42.7 Å². The van der Waals surface area contributed by atoms with Crippen molar-refractivity contribution in [3.05, 3.63) is 54.1 Å². The van der Waals surface area contributed by atoms with Crippen molar-refractivity contribution in [2.45, 2.75) is 51.9 Å². The molecule has 4 nitrogen and oxygen atoms in total. The molecule has 1 N–H and O–H groups in total. The molecule has 2 aromatic rings. The molecule has 5 heteroatoms. The van der Waals surface area contributed by atoms with Crippen molar-refractivity contribution < 1.29 is 0 Å². The van der Waals surface area contributed by atoms with Gasteiger partial charge in [0, 0.05) is 30.2 Å². The quantitative estimate of drug-likeness (QED) is 0.865. The van der Waals surface area contributed by atoms with Crippen molar-refractivity contribution in [3.63, 3.8) is 0 Å². The molecule has 0 bridgehead atoms. The zero-order valence-electron chi connectivity index (χ0n) is 14.1. The van der Waals surface area contributed by atoms with Crippen molar-refractivity contribution in [3.8, 4) is 0 Å². The van der Waals surface area contributed by atoms with Gasteiger partial charge in [-0.15, -0.1) is 0 Å². The molecule has 0 radical (unpaired) electrons. The zero-order valence-corrected chi connectivity index (χ0v) is 14.9. The van der Waals surface area contributed by atoms with E-state index in [-0.39, 0.29) is 12.1 Å². The Morgan fingerprint density at radius 3 is 2.48 bits per heavy atom. The highest BCUT2D eigenvalue weighted by atomic mass is 32.1. The van der Waals surface area contributed by atoms with Crippen molar-refractivity contribution in [1.29, 1.82) is 0 Å². The molecule has 2 atom stereocenters. The van der Waals surface area contributed by atoms with E-state index in [0.29, 0.717) is 12.1 Å². The van der Waals surface area contributed by atoms with Gasteiger partial charge >= 0.3 is 0 Å². The Balaban J connectivity index is 2.09. The molecule has 0 aromatic carbocycles. The van der Waals surface area contributed by atoms with Gasteiger partial charge in [0.25, 0.3) is 0 Å². The summed E-state index contributed by atoms with van der Waals surface area (Å²) in [5, 5.41) is 4.29. The van der Waals surface area contributed by atoms with E-state index in [2.05, 4.69) is 71.9 Å². The van der Waals surface area contributed by atoms with Gasteiger partial charge in [0.2, 0.25) is 0 Å². The van der Waals surface area contributed by atoms with Gasteiger partial charge in [0.1, 0.15) is 0 Å². The summed E-state index contributed by atoms with van der Waals surface area (Å²) < 4.78 is 2.33. The normalized spacial score (nSPS) is 21.3. The van der Waals surface area contributed by atoms with Crippen molar-refractivity contribution in [2.75, 3.05) is 0 Å². The third-order valence-corrected chi connectivity index (χ3v) is 4.69. The average Bonchev–Trinajstić information content (AvgIpc) is 3.11. The third kappa shape index (κ3) is 2.85. The Labute approximate surface area is 143 Å². The second-order valence-corrected chi connectivity index (χ2v) is 6.95. The van der Waals surface area contributed by atoms with Gasteiger partial charge in [-0.2, -0.15) is 0 Å². The molecule has 0 unspecified atom stereocenters. The molecule has 1 fully saturated rings. The molecule has 0 amide bonds. The maximum Gasteiger partial charge on any atom is 0.170 e. The van der Waals surface area contributed by atoms with Gasteiger partial charge in [0.05, 0.1) is 17.8 Å². The fourth-order valence-corrected chi connectivity index (χ4v) is 3.82. The summed E-state index contributed by atoms with van der Waals surface area (Å²) in [4.78, 5) is 6.86. The van der Waals surface area contributed by atoms with Gasteiger partial charge in [-0.05, 0) is 64.2 Å². The Kier molecular flexibility index (Phi) is 4.39. The summed E-state index contributed by atoms with van der Waals surface area (Å²) in [5.74, 6) is 0. The van der Waals surface area contributed by atoms with Crippen LogP contribution in [-0.2, 0) is 0 Å². The monoisotopic (exact) mass is 328 g/mol. The molecule has 3 heterocycles. The minimum Gasteiger partial charge on any atom is -0.352 e. The lowest BCUT2D eigenvalue weighted by atomic mass is 10.00. The fourth-order valence-electron chi connectivity index (χ4n) is 3.37. The fraction of sp³-hybridized carbons (Fsp3) is 0.444. The minimum absolute atomic E-state index is 0.0681. The van der Waals surface area contributed by atoms with Crippen LogP contribution in [0.3, 0.4) is 0 Å². The van der Waals surface area contributed by atoms with Crippen LogP contribution >= 0.6 is 12.2 Å². The molecule has 1 aliphatic rings. The van der Waals surface area contributed by atoms with Crippen LogP contribution in [0.2, 0.25) is 0 Å². The number of pyridine rings is 1. The van der Waals surface area contributed by atoms with Crippen molar-refractivity contribution in [2.24, 2.45) is 0 Å². The summed E-state index contributed by atoms with van der Waals surface area (Å²) >= 11 is 5.63. The Bertz CT molecular complexity index is 677. The first-order valence-electron chi connectivity index (χ1n) is 8.17. The number of nitrogens with one attached hydrogen (secondary N) is 1. The van der Waals surface area contributed by atoms with Crippen LogP contribution in [0, 0.1) is 0 Å². The average molecular weight is 328 g/mol. The number of rotatable bonds is 4. The number of hydrogen-bond donors (Lipinski definition) is 1. The molecule has 23 heavy (non-hydrogen) atoms. The third-order valence-electron chi connectivity index (χ3n) is 4.36. The van der Waals surface area contributed by atoms with E-state index in [1.807, 2.05) is 18.3 Å². The topological polar surface area (TPSA) is 33.1 Å². The predicted molar refractivity (Wildman–Crippen MR) is 97.2 cm³/mol. The molecule has 1 aliphatic heterocycles. The SMILES string of the molecule is CC(C)N1C(=S)N[C@@H](c2ccccn2)[C@H]1c1cccn1C(C)C. The van der Waals surface area contributed by atoms with E-state index in [1.54, 1.807) is 0 Å². The highest BCUT2D eigenvalue weighted by molar-refractivity contribution is 7.80.